The van der Waals surface area contributed by atoms with Gasteiger partial charge in [-0.15, -0.1) is 13.2 Å². The second-order valence-corrected chi connectivity index (χ2v) is 4.38. The van der Waals surface area contributed by atoms with E-state index in [-0.39, 0.29) is 15.7 Å². The van der Waals surface area contributed by atoms with Gasteiger partial charge in [0.25, 0.3) is 5.69 Å². The molecule has 7 nitrogen and oxygen atoms in total. The van der Waals surface area contributed by atoms with Crippen molar-refractivity contribution in [2.75, 3.05) is 5.32 Å². The third-order valence-corrected chi connectivity index (χ3v) is 2.70. The first kappa shape index (κ1) is 17.3. The number of anilines is 1. The first-order valence-electron chi connectivity index (χ1n) is 5.18. The van der Waals surface area contributed by atoms with Gasteiger partial charge in [-0.05, 0) is 22.0 Å². The molecule has 0 aliphatic heterocycles. The summed E-state index contributed by atoms with van der Waals surface area (Å²) in [5.74, 6) is -0.790. The van der Waals surface area contributed by atoms with Crippen molar-refractivity contribution in [3.63, 3.8) is 0 Å². The lowest BCUT2D eigenvalue weighted by molar-refractivity contribution is -0.384. The van der Waals surface area contributed by atoms with Gasteiger partial charge in [-0.1, -0.05) is 0 Å². The molecule has 1 rings (SSSR count). The van der Waals surface area contributed by atoms with Crippen LogP contribution >= 0.6 is 15.9 Å². The Bertz CT molecular complexity index is 703. The zero-order valence-electron chi connectivity index (χ0n) is 10.3. The molecule has 1 aromatic rings. The molecule has 114 valence electrons. The van der Waals surface area contributed by atoms with Crippen LogP contribution in [-0.2, 0) is 0 Å². The first-order chi connectivity index (χ1) is 10.2. The number of nitro benzene ring substituents is 1. The quantitative estimate of drug-likeness (QED) is 0.488. The number of nitrogens with one attached hydrogen (secondary N) is 1. The van der Waals surface area contributed by atoms with Gasteiger partial charge in [0.1, 0.15) is 29.1 Å². The fourth-order valence-electron chi connectivity index (χ4n) is 1.28. The van der Waals surface area contributed by atoms with Crippen molar-refractivity contribution in [3.05, 3.63) is 38.5 Å². The molecule has 0 heterocycles. The van der Waals surface area contributed by atoms with Gasteiger partial charge >= 0.3 is 6.36 Å². The SMILES string of the molecule is N#CC(C#N)=CNc1c(Br)cc(OC(F)(F)F)cc1[N+](=O)[O-]. The highest BCUT2D eigenvalue weighted by Crippen LogP contribution is 2.38. The molecule has 1 N–H and O–H groups in total. The van der Waals surface area contributed by atoms with E-state index in [0.29, 0.717) is 6.07 Å². The summed E-state index contributed by atoms with van der Waals surface area (Å²) in [6, 6.07) is 4.44. The van der Waals surface area contributed by atoms with Crippen molar-refractivity contribution in [3.8, 4) is 17.9 Å². The maximum atomic E-state index is 12.1. The fourth-order valence-corrected chi connectivity index (χ4v) is 1.82. The molecule has 0 fully saturated rings. The highest BCUT2D eigenvalue weighted by atomic mass is 79.9. The Labute approximate surface area is 129 Å². The Hall–Kier alpha value is -2.79. The van der Waals surface area contributed by atoms with Gasteiger partial charge in [0.15, 0.2) is 0 Å². The van der Waals surface area contributed by atoms with E-state index in [1.54, 1.807) is 0 Å². The number of halogens is 4. The molecular formula is C11H4BrF3N4O3. The minimum absolute atomic E-state index is 0.118. The minimum Gasteiger partial charge on any atom is -0.405 e. The van der Waals surface area contributed by atoms with Crippen LogP contribution < -0.4 is 10.1 Å². The van der Waals surface area contributed by atoms with Crippen LogP contribution in [0.2, 0.25) is 0 Å². The Kier molecular flexibility index (Phi) is 5.32. The Morgan fingerprint density at radius 1 is 1.41 bits per heavy atom. The summed E-state index contributed by atoms with van der Waals surface area (Å²) in [7, 11) is 0. The molecule has 0 saturated heterocycles. The van der Waals surface area contributed by atoms with E-state index in [1.165, 1.54) is 12.1 Å². The monoisotopic (exact) mass is 376 g/mol. The molecule has 0 unspecified atom stereocenters. The van der Waals surface area contributed by atoms with Crippen molar-refractivity contribution in [1.29, 1.82) is 10.5 Å². The van der Waals surface area contributed by atoms with E-state index in [9.17, 15) is 23.3 Å². The van der Waals surface area contributed by atoms with E-state index < -0.39 is 22.7 Å². The summed E-state index contributed by atoms with van der Waals surface area (Å²) in [4.78, 5) is 9.99. The van der Waals surface area contributed by atoms with E-state index in [2.05, 4.69) is 26.0 Å². The smallest absolute Gasteiger partial charge is 0.405 e. The van der Waals surface area contributed by atoms with Crippen LogP contribution in [0.4, 0.5) is 24.5 Å². The number of alkyl halides is 3. The third kappa shape index (κ3) is 4.64. The molecule has 0 atom stereocenters. The van der Waals surface area contributed by atoms with Crippen LogP contribution in [0.1, 0.15) is 0 Å². The van der Waals surface area contributed by atoms with Crippen LogP contribution in [0.25, 0.3) is 0 Å². The maximum Gasteiger partial charge on any atom is 0.573 e. The molecule has 0 aliphatic carbocycles. The average molecular weight is 377 g/mol. The predicted octanol–water partition coefficient (Wildman–Crippen LogP) is 3.60. The molecule has 0 bridgehead atoms. The summed E-state index contributed by atoms with van der Waals surface area (Å²) in [6.45, 7) is 0. The molecule has 22 heavy (non-hydrogen) atoms. The Morgan fingerprint density at radius 2 is 2.00 bits per heavy atom. The van der Waals surface area contributed by atoms with Gasteiger partial charge in [-0.3, -0.25) is 10.1 Å². The van der Waals surface area contributed by atoms with Gasteiger partial charge < -0.3 is 10.1 Å². The lowest BCUT2D eigenvalue weighted by atomic mass is 10.2. The molecule has 1 aromatic carbocycles. The molecule has 0 saturated carbocycles. The van der Waals surface area contributed by atoms with Gasteiger partial charge in [-0.25, -0.2) is 0 Å². The summed E-state index contributed by atoms with van der Waals surface area (Å²) in [5, 5.41) is 30.4. The predicted molar refractivity (Wildman–Crippen MR) is 70.4 cm³/mol. The lowest BCUT2D eigenvalue weighted by Gasteiger charge is -2.11. The molecule has 11 heteroatoms. The van der Waals surface area contributed by atoms with Crippen molar-refractivity contribution in [1.82, 2.24) is 0 Å². The standard InChI is InChI=1S/C11H4BrF3N4O3/c12-8-1-7(22-11(13,14)15)2-9(19(20)21)10(8)18-5-6(3-16)4-17/h1-2,5,18H. The summed E-state index contributed by atoms with van der Waals surface area (Å²) in [6.07, 6.45) is -4.12. The van der Waals surface area contributed by atoms with E-state index >= 15 is 0 Å². The van der Waals surface area contributed by atoms with Crippen LogP contribution in [0.15, 0.2) is 28.4 Å². The second-order valence-electron chi connectivity index (χ2n) is 3.53. The lowest BCUT2D eigenvalue weighted by Crippen LogP contribution is -2.17. The third-order valence-electron chi connectivity index (χ3n) is 2.07. The normalized spacial score (nSPS) is 10.1. The van der Waals surface area contributed by atoms with Crippen LogP contribution in [-0.4, -0.2) is 11.3 Å². The van der Waals surface area contributed by atoms with E-state index in [4.69, 9.17) is 10.5 Å². The molecule has 0 aromatic heterocycles. The Balaban J connectivity index is 3.30. The number of benzene rings is 1. The topological polar surface area (TPSA) is 112 Å². The number of rotatable bonds is 4. The van der Waals surface area contributed by atoms with Gasteiger partial charge in [0.05, 0.1) is 15.5 Å². The molecule has 0 spiro atoms. The summed E-state index contributed by atoms with van der Waals surface area (Å²) in [5.41, 5.74) is -1.35. The number of ether oxygens (including phenoxy) is 1. The zero-order chi connectivity index (χ0) is 16.9. The summed E-state index contributed by atoms with van der Waals surface area (Å²) < 4.78 is 39.9. The van der Waals surface area contributed by atoms with E-state index in [0.717, 1.165) is 12.3 Å². The number of nitro groups is 1. The molecule has 0 aliphatic rings. The zero-order valence-corrected chi connectivity index (χ0v) is 11.9. The average Bonchev–Trinajstić information content (AvgIpc) is 2.39. The maximum absolute atomic E-state index is 12.1. The van der Waals surface area contributed by atoms with E-state index in [1.807, 2.05) is 0 Å². The fraction of sp³-hybridized carbons (Fsp3) is 0.0909. The number of allylic oxidation sites excluding steroid dienone is 1. The minimum atomic E-state index is -5.00. The first-order valence-corrected chi connectivity index (χ1v) is 5.98. The van der Waals surface area contributed by atoms with Crippen molar-refractivity contribution >= 4 is 27.3 Å². The number of hydrogen-bond donors (Lipinski definition) is 1. The van der Waals surface area contributed by atoms with Gasteiger partial charge in [0, 0.05) is 6.20 Å². The number of hydrogen-bond acceptors (Lipinski definition) is 6. The van der Waals surface area contributed by atoms with Gasteiger partial charge in [-0.2, -0.15) is 10.5 Å². The van der Waals surface area contributed by atoms with Crippen molar-refractivity contribution < 1.29 is 22.8 Å². The van der Waals surface area contributed by atoms with Crippen LogP contribution in [0.5, 0.6) is 5.75 Å². The number of nitrogens with zero attached hydrogens (tertiary/aromatic N) is 3. The molecule has 0 amide bonds. The molecular weight excluding hydrogens is 373 g/mol. The molecule has 0 radical (unpaired) electrons. The highest BCUT2D eigenvalue weighted by molar-refractivity contribution is 9.10. The Morgan fingerprint density at radius 3 is 2.45 bits per heavy atom. The highest BCUT2D eigenvalue weighted by Gasteiger charge is 2.32. The van der Waals surface area contributed by atoms with Gasteiger partial charge in [0.2, 0.25) is 0 Å². The van der Waals surface area contributed by atoms with Crippen LogP contribution in [0, 0.1) is 32.8 Å². The largest absolute Gasteiger partial charge is 0.573 e. The summed E-state index contributed by atoms with van der Waals surface area (Å²) >= 11 is 2.86. The van der Waals surface area contributed by atoms with Crippen LogP contribution in [0.3, 0.4) is 0 Å². The van der Waals surface area contributed by atoms with Crippen molar-refractivity contribution in [2.24, 2.45) is 0 Å². The number of nitriles is 2. The van der Waals surface area contributed by atoms with Crippen molar-refractivity contribution in [2.45, 2.75) is 6.36 Å². The second kappa shape index (κ2) is 6.78.